The molecule has 6 aromatic rings. The second-order valence-electron chi connectivity index (χ2n) is 19.4. The molecular formula is C54H68Cl2F2N10O4. The van der Waals surface area contributed by atoms with Crippen LogP contribution in [0, 0.1) is 11.6 Å². The summed E-state index contributed by atoms with van der Waals surface area (Å²) in [5.41, 5.74) is 4.70. The molecule has 4 aromatic carbocycles. The smallest absolute Gasteiger partial charge is 0.294 e. The summed E-state index contributed by atoms with van der Waals surface area (Å²) in [7, 11) is 14.3. The van der Waals surface area contributed by atoms with Crippen molar-refractivity contribution >= 4 is 68.5 Å². The molecule has 4 atom stereocenters. The maximum atomic E-state index is 13.8. The number of likely N-dealkylation sites (N-methyl/N-ethyl adjacent to an activating group) is 1. The zero-order valence-corrected chi connectivity index (χ0v) is 44.9. The molecule has 72 heavy (non-hydrogen) atoms. The molecule has 0 bridgehead atoms. The highest BCUT2D eigenvalue weighted by Gasteiger charge is 2.36. The number of aromatic nitrogens is 2. The first-order valence-corrected chi connectivity index (χ1v) is 24.7. The Balaban J connectivity index is 0.000000227. The van der Waals surface area contributed by atoms with Gasteiger partial charge in [-0.3, -0.25) is 38.3 Å². The van der Waals surface area contributed by atoms with Crippen LogP contribution in [0.25, 0.3) is 21.8 Å². The van der Waals surface area contributed by atoms with Gasteiger partial charge in [0, 0.05) is 129 Å². The number of carbonyl (C=O) groups is 4. The van der Waals surface area contributed by atoms with E-state index in [0.717, 1.165) is 35.1 Å². The van der Waals surface area contributed by atoms with Gasteiger partial charge in [-0.25, -0.2) is 8.78 Å². The molecule has 2 saturated heterocycles. The van der Waals surface area contributed by atoms with E-state index in [-0.39, 0.29) is 63.8 Å². The Morgan fingerprint density at radius 2 is 1.01 bits per heavy atom. The molecule has 2 aliphatic heterocycles. The molecule has 14 nitrogen and oxygen atoms in total. The molecule has 0 spiro atoms. The molecule has 0 aliphatic carbocycles. The van der Waals surface area contributed by atoms with Crippen LogP contribution in [0.2, 0.25) is 10.0 Å². The third-order valence-electron chi connectivity index (χ3n) is 13.1. The maximum Gasteiger partial charge on any atom is 0.294 e. The number of nitrogens with zero attached hydrogens (tertiary/aromatic N) is 9. The Labute approximate surface area is 432 Å². The summed E-state index contributed by atoms with van der Waals surface area (Å²) in [6.07, 6.45) is 3.56. The molecule has 8 rings (SSSR count). The van der Waals surface area contributed by atoms with Gasteiger partial charge in [0.15, 0.2) is 0 Å². The standard InChI is InChI=1S/C28H33ClFN5O3.C24H28ClFN4O.C2H7N/c1-17-14-34(18(2)13-33(17)15-19-7-9-20(30)10-8-19)27(37)22-11-21-23(26(36)28(38)31(3)4)16-35(32(5)6)25(21)12-24(22)29;1-16-14-29(17(2)13-28(16)15-18-5-7-20(26)8-6-18)24(31)21-11-19-9-10-30(27(3)4)23(19)12-22(21)25;1-3-2/h7-12,16-18H,13-15H2,1-6H3;5-12,16-17H,13-15H2,1-4H3;3H,1-2H3/t17-,18+;16-,17+;/m00./s1. The van der Waals surface area contributed by atoms with Crippen LogP contribution < -0.4 is 15.3 Å². The summed E-state index contributed by atoms with van der Waals surface area (Å²) in [4.78, 5) is 62.3. The van der Waals surface area contributed by atoms with Crippen molar-refractivity contribution in [3.05, 3.63) is 141 Å². The van der Waals surface area contributed by atoms with Crippen molar-refractivity contribution in [1.29, 1.82) is 0 Å². The van der Waals surface area contributed by atoms with E-state index in [0.29, 0.717) is 47.7 Å². The topological polar surface area (TPSA) is 113 Å². The number of nitrogens with one attached hydrogen (secondary N) is 1. The Hall–Kier alpha value is -6.04. The zero-order chi connectivity index (χ0) is 52.9. The second-order valence-corrected chi connectivity index (χ2v) is 20.2. The van der Waals surface area contributed by atoms with Crippen molar-refractivity contribution < 1.29 is 28.0 Å². The number of hydrogen-bond acceptors (Lipinski definition) is 9. The lowest BCUT2D eigenvalue weighted by Gasteiger charge is -2.44. The number of fused-ring (bicyclic) bond motifs is 2. The third-order valence-corrected chi connectivity index (χ3v) is 13.8. The van der Waals surface area contributed by atoms with Crippen molar-refractivity contribution in [3.8, 4) is 0 Å². The van der Waals surface area contributed by atoms with Gasteiger partial charge in [-0.05, 0) is 108 Å². The van der Waals surface area contributed by atoms with E-state index in [1.54, 1.807) is 45.0 Å². The molecule has 1 N–H and O–H groups in total. The summed E-state index contributed by atoms with van der Waals surface area (Å²) in [5.74, 6) is -2.06. The molecular weight excluding hydrogens is 962 g/mol. The van der Waals surface area contributed by atoms with Gasteiger partial charge in [0.25, 0.3) is 23.5 Å². The fraction of sp³-hybridized carbons (Fsp3) is 0.407. The Morgan fingerprint density at radius 3 is 1.44 bits per heavy atom. The fourth-order valence-corrected chi connectivity index (χ4v) is 9.72. The van der Waals surface area contributed by atoms with Crippen LogP contribution in [0.5, 0.6) is 0 Å². The Morgan fingerprint density at radius 1 is 0.583 bits per heavy atom. The number of Topliss-reactive ketones (excluding diaryl/α,β-unsaturated/α-hetero) is 1. The van der Waals surface area contributed by atoms with Gasteiger partial charge in [0.2, 0.25) is 0 Å². The molecule has 18 heteroatoms. The van der Waals surface area contributed by atoms with Crippen LogP contribution in [-0.4, -0.2) is 164 Å². The van der Waals surface area contributed by atoms with Gasteiger partial charge in [0.1, 0.15) is 11.6 Å². The largest absolute Gasteiger partial charge is 0.342 e. The first-order valence-electron chi connectivity index (χ1n) is 24.0. The molecule has 2 fully saturated rings. The molecule has 0 unspecified atom stereocenters. The van der Waals surface area contributed by atoms with Gasteiger partial charge in [-0.1, -0.05) is 47.5 Å². The van der Waals surface area contributed by atoms with Crippen molar-refractivity contribution in [2.75, 3.05) is 92.6 Å². The number of benzene rings is 4. The minimum Gasteiger partial charge on any atom is -0.342 e. The van der Waals surface area contributed by atoms with Crippen LogP contribution in [0.4, 0.5) is 8.78 Å². The van der Waals surface area contributed by atoms with Crippen LogP contribution >= 0.6 is 23.2 Å². The number of rotatable bonds is 10. The molecule has 386 valence electrons. The highest BCUT2D eigenvalue weighted by Crippen LogP contribution is 2.32. The number of carbonyl (C=O) groups excluding carboxylic acids is 4. The zero-order valence-electron chi connectivity index (χ0n) is 43.4. The van der Waals surface area contributed by atoms with Crippen LogP contribution in [0.3, 0.4) is 0 Å². The molecule has 3 amide bonds. The van der Waals surface area contributed by atoms with Crippen LogP contribution in [0.1, 0.15) is 69.9 Å². The van der Waals surface area contributed by atoms with Gasteiger partial charge in [-0.2, -0.15) is 0 Å². The summed E-state index contributed by atoms with van der Waals surface area (Å²) in [6.45, 7) is 12.1. The average molecular weight is 1030 g/mol. The molecule has 4 heterocycles. The number of piperazine rings is 2. The molecule has 2 aromatic heterocycles. The average Bonchev–Trinajstić information content (AvgIpc) is 3.92. The van der Waals surface area contributed by atoms with Crippen molar-refractivity contribution in [3.63, 3.8) is 0 Å². The lowest BCUT2D eigenvalue weighted by Crippen LogP contribution is -2.57. The Kier molecular flexibility index (Phi) is 18.2. The van der Waals surface area contributed by atoms with Gasteiger partial charge in [-0.15, -0.1) is 0 Å². The SMILES string of the molecule is CNC.C[C@@H]1CN(Cc2ccc(F)cc2)[C@@H](C)CN1C(=O)c1cc2c(C(=O)C(=O)N(C)C)cn(N(C)C)c2cc1Cl.C[C@@H]1CN(Cc2ccc(F)cc2)[C@@H](C)CN1C(=O)c1cc2ccn(N(C)C)c2cc1Cl. The highest BCUT2D eigenvalue weighted by molar-refractivity contribution is 6.45. The quantitative estimate of drug-likeness (QED) is 0.108. The highest BCUT2D eigenvalue weighted by atomic mass is 35.5. The van der Waals surface area contributed by atoms with Crippen molar-refractivity contribution in [1.82, 2.24) is 39.2 Å². The summed E-state index contributed by atoms with van der Waals surface area (Å²) in [6, 6.07) is 22.3. The maximum absolute atomic E-state index is 13.8. The number of amides is 3. The fourth-order valence-electron chi connectivity index (χ4n) is 9.24. The molecule has 0 saturated carbocycles. The van der Waals surface area contributed by atoms with E-state index in [1.165, 1.54) is 43.3 Å². The van der Waals surface area contributed by atoms with Crippen LogP contribution in [-0.2, 0) is 17.9 Å². The van der Waals surface area contributed by atoms with Gasteiger partial charge >= 0.3 is 0 Å². The van der Waals surface area contributed by atoms with Crippen molar-refractivity contribution in [2.45, 2.75) is 65.0 Å². The molecule has 0 radical (unpaired) electrons. The number of ketones is 1. The normalized spacial score (nSPS) is 18.3. The lowest BCUT2D eigenvalue weighted by molar-refractivity contribution is -0.124. The van der Waals surface area contributed by atoms with E-state index >= 15 is 0 Å². The van der Waals surface area contributed by atoms with E-state index in [4.69, 9.17) is 23.2 Å². The van der Waals surface area contributed by atoms with E-state index in [1.807, 2.05) is 100 Å². The number of halogens is 4. The van der Waals surface area contributed by atoms with Gasteiger partial charge < -0.3 is 30.0 Å². The summed E-state index contributed by atoms with van der Waals surface area (Å²) >= 11 is 13.2. The van der Waals surface area contributed by atoms with E-state index in [9.17, 15) is 28.0 Å². The first kappa shape index (κ1) is 55.3. The summed E-state index contributed by atoms with van der Waals surface area (Å²) in [5, 5.41) is 8.69. The minimum atomic E-state index is -0.655. The van der Waals surface area contributed by atoms with E-state index in [2.05, 4.69) is 35.9 Å². The first-order chi connectivity index (χ1) is 34.0. The third kappa shape index (κ3) is 12.4. The van der Waals surface area contributed by atoms with E-state index < -0.39 is 11.7 Å². The summed E-state index contributed by atoms with van der Waals surface area (Å²) < 4.78 is 30.2. The van der Waals surface area contributed by atoms with Crippen LogP contribution in [0.15, 0.2) is 91.3 Å². The predicted octanol–water partition coefficient (Wildman–Crippen LogP) is 7.84. The monoisotopic (exact) mass is 1030 g/mol. The predicted molar refractivity (Wildman–Crippen MR) is 286 cm³/mol. The van der Waals surface area contributed by atoms with Crippen molar-refractivity contribution in [2.24, 2.45) is 0 Å². The molecule has 2 aliphatic rings. The number of hydrogen-bond donors (Lipinski definition) is 1. The van der Waals surface area contributed by atoms with Gasteiger partial charge in [0.05, 0.1) is 37.8 Å². The minimum absolute atomic E-state index is 0.0368. The lowest BCUT2D eigenvalue weighted by atomic mass is 10.0. The second kappa shape index (κ2) is 23.7. The Bertz CT molecular complexity index is 2890.